The second kappa shape index (κ2) is 24.5. The standard InChI is InChI=1S/C9H12ClNO.C9H13NO.C6H15NO.C5H13NO/c10-8-3-1-7(2-4-8)5-9(11)6-12;10-9(7-11)6-8-4-2-1-3-5-8;1-3-5(2)6(7)4-8;1-4(2)5(6)3-7/h1-4,9,12H,5-6,11H2;1-5,9,11H,6-7,10H2;5-6,8H,3-4,7H2,1-2H3;4-5,7H,3,6H2,1-2H3/t;9-;5-,6+;/m.00./s1. The number of halogens is 1. The van der Waals surface area contributed by atoms with Crippen LogP contribution in [0.1, 0.15) is 45.2 Å². The van der Waals surface area contributed by atoms with Crippen molar-refractivity contribution in [2.24, 2.45) is 34.8 Å². The highest BCUT2D eigenvalue weighted by atomic mass is 35.5. The predicted molar refractivity (Wildman–Crippen MR) is 160 cm³/mol. The van der Waals surface area contributed by atoms with Crippen LogP contribution >= 0.6 is 11.6 Å². The van der Waals surface area contributed by atoms with Gasteiger partial charge in [0.1, 0.15) is 0 Å². The van der Waals surface area contributed by atoms with Crippen LogP contribution in [0.15, 0.2) is 54.6 Å². The largest absolute Gasteiger partial charge is 0.395 e. The van der Waals surface area contributed by atoms with E-state index in [-0.39, 0.29) is 50.6 Å². The first-order valence-corrected chi connectivity index (χ1v) is 13.6. The van der Waals surface area contributed by atoms with E-state index in [1.54, 1.807) is 0 Å². The second-order valence-corrected chi connectivity index (χ2v) is 10.2. The van der Waals surface area contributed by atoms with E-state index >= 15 is 0 Å². The Hall–Kier alpha value is -1.59. The number of benzene rings is 2. The molecule has 0 amide bonds. The third-order valence-corrected chi connectivity index (χ3v) is 6.13. The number of nitrogens with two attached hydrogens (primary N) is 4. The van der Waals surface area contributed by atoms with E-state index in [0.29, 0.717) is 18.3 Å². The second-order valence-electron chi connectivity index (χ2n) is 9.73. The summed E-state index contributed by atoms with van der Waals surface area (Å²) in [5.41, 5.74) is 24.2. The van der Waals surface area contributed by atoms with E-state index in [2.05, 4.69) is 6.92 Å². The molecule has 8 nitrogen and oxygen atoms in total. The topological polar surface area (TPSA) is 185 Å². The fourth-order valence-electron chi connectivity index (χ4n) is 2.66. The van der Waals surface area contributed by atoms with E-state index in [0.717, 1.165) is 23.4 Å². The van der Waals surface area contributed by atoms with Crippen LogP contribution in [0.2, 0.25) is 5.02 Å². The fourth-order valence-corrected chi connectivity index (χ4v) is 2.79. The molecule has 0 aromatic heterocycles. The molecule has 220 valence electrons. The summed E-state index contributed by atoms with van der Waals surface area (Å²) in [6, 6.07) is 17.0. The molecule has 2 unspecified atom stereocenters. The molecule has 0 radical (unpaired) electrons. The summed E-state index contributed by atoms with van der Waals surface area (Å²) < 4.78 is 0. The van der Waals surface area contributed by atoms with Crippen molar-refractivity contribution >= 4 is 11.6 Å². The number of aliphatic hydroxyl groups is 4. The molecule has 38 heavy (non-hydrogen) atoms. The minimum Gasteiger partial charge on any atom is -0.395 e. The maximum absolute atomic E-state index is 8.70. The summed E-state index contributed by atoms with van der Waals surface area (Å²) >= 11 is 5.70. The summed E-state index contributed by atoms with van der Waals surface area (Å²) in [5, 5.41) is 35.0. The van der Waals surface area contributed by atoms with Gasteiger partial charge in [-0.15, -0.1) is 0 Å². The molecule has 0 bridgehead atoms. The van der Waals surface area contributed by atoms with Crippen LogP contribution in [0.25, 0.3) is 0 Å². The molecule has 0 spiro atoms. The van der Waals surface area contributed by atoms with Crippen molar-refractivity contribution in [1.29, 1.82) is 0 Å². The molecule has 9 heteroatoms. The first kappa shape index (κ1) is 38.6. The van der Waals surface area contributed by atoms with E-state index in [1.165, 1.54) is 5.56 Å². The first-order valence-electron chi connectivity index (χ1n) is 13.2. The molecule has 2 aromatic carbocycles. The summed E-state index contributed by atoms with van der Waals surface area (Å²) in [7, 11) is 0. The van der Waals surface area contributed by atoms with Gasteiger partial charge in [0.05, 0.1) is 26.4 Å². The molecular formula is C29H53ClN4O4. The minimum absolute atomic E-state index is 0.0165. The Labute approximate surface area is 235 Å². The van der Waals surface area contributed by atoms with Gasteiger partial charge in [0, 0.05) is 29.2 Å². The van der Waals surface area contributed by atoms with E-state index in [4.69, 9.17) is 55.0 Å². The fraction of sp³-hybridized carbons (Fsp3) is 0.586. The minimum atomic E-state index is -0.175. The van der Waals surface area contributed by atoms with Crippen LogP contribution in [0, 0.1) is 11.8 Å². The van der Waals surface area contributed by atoms with Crippen molar-refractivity contribution in [2.75, 3.05) is 26.4 Å². The highest BCUT2D eigenvalue weighted by molar-refractivity contribution is 6.30. The molecule has 12 N–H and O–H groups in total. The van der Waals surface area contributed by atoms with Crippen LogP contribution in [0.4, 0.5) is 0 Å². The van der Waals surface area contributed by atoms with E-state index < -0.39 is 0 Å². The van der Waals surface area contributed by atoms with Crippen LogP contribution in [-0.2, 0) is 12.8 Å². The highest BCUT2D eigenvalue weighted by Crippen LogP contribution is 2.10. The molecule has 0 heterocycles. The summed E-state index contributed by atoms with van der Waals surface area (Å²) in [4.78, 5) is 0. The Kier molecular flexibility index (Phi) is 24.8. The van der Waals surface area contributed by atoms with Gasteiger partial charge < -0.3 is 43.4 Å². The number of hydrogen-bond acceptors (Lipinski definition) is 8. The Morgan fingerprint density at radius 2 is 1.05 bits per heavy atom. The summed E-state index contributed by atoms with van der Waals surface area (Å²) in [5.74, 6) is 0.838. The molecule has 2 aromatic rings. The van der Waals surface area contributed by atoms with Crippen molar-refractivity contribution in [3.05, 3.63) is 70.7 Å². The van der Waals surface area contributed by atoms with Crippen molar-refractivity contribution < 1.29 is 20.4 Å². The molecule has 2 rings (SSSR count). The van der Waals surface area contributed by atoms with Gasteiger partial charge in [-0.25, -0.2) is 0 Å². The Morgan fingerprint density at radius 1 is 0.632 bits per heavy atom. The van der Waals surface area contributed by atoms with Gasteiger partial charge in [0.2, 0.25) is 0 Å². The van der Waals surface area contributed by atoms with Gasteiger partial charge >= 0.3 is 0 Å². The van der Waals surface area contributed by atoms with Gasteiger partial charge in [-0.3, -0.25) is 0 Å². The molecule has 0 fully saturated rings. The molecule has 0 saturated heterocycles. The lowest BCUT2D eigenvalue weighted by molar-refractivity contribution is 0.230. The van der Waals surface area contributed by atoms with Crippen LogP contribution in [0.5, 0.6) is 0 Å². The van der Waals surface area contributed by atoms with Crippen LogP contribution in [0.3, 0.4) is 0 Å². The van der Waals surface area contributed by atoms with Crippen LogP contribution < -0.4 is 22.9 Å². The lowest BCUT2D eigenvalue weighted by Crippen LogP contribution is -2.31. The van der Waals surface area contributed by atoms with Crippen molar-refractivity contribution in [3.8, 4) is 0 Å². The van der Waals surface area contributed by atoms with Crippen molar-refractivity contribution in [2.45, 2.75) is 71.1 Å². The van der Waals surface area contributed by atoms with Gasteiger partial charge in [-0.05, 0) is 47.9 Å². The number of rotatable bonds is 11. The van der Waals surface area contributed by atoms with Crippen molar-refractivity contribution in [3.63, 3.8) is 0 Å². The molecular weight excluding hydrogens is 504 g/mol. The Bertz CT molecular complexity index is 761. The third kappa shape index (κ3) is 21.4. The summed E-state index contributed by atoms with van der Waals surface area (Å²) in [6.45, 7) is 8.35. The first-order chi connectivity index (χ1) is 17.9. The molecule has 0 aliphatic carbocycles. The number of hydrogen-bond donors (Lipinski definition) is 8. The smallest absolute Gasteiger partial charge is 0.0585 e. The van der Waals surface area contributed by atoms with Gasteiger partial charge in [-0.1, -0.05) is 88.2 Å². The van der Waals surface area contributed by atoms with Crippen molar-refractivity contribution in [1.82, 2.24) is 0 Å². The van der Waals surface area contributed by atoms with Crippen LogP contribution in [-0.4, -0.2) is 71.0 Å². The quantitative estimate of drug-likeness (QED) is 0.206. The Balaban J connectivity index is 0. The monoisotopic (exact) mass is 556 g/mol. The number of aliphatic hydroxyl groups excluding tert-OH is 4. The normalized spacial score (nSPS) is 14.4. The zero-order valence-electron chi connectivity index (χ0n) is 23.6. The average molecular weight is 557 g/mol. The average Bonchev–Trinajstić information content (AvgIpc) is 2.94. The Morgan fingerprint density at radius 3 is 1.34 bits per heavy atom. The van der Waals surface area contributed by atoms with E-state index in [9.17, 15) is 0 Å². The summed E-state index contributed by atoms with van der Waals surface area (Å²) in [6.07, 6.45) is 2.48. The predicted octanol–water partition coefficient (Wildman–Crippen LogP) is 2.06. The maximum Gasteiger partial charge on any atom is 0.0585 e. The van der Waals surface area contributed by atoms with Gasteiger partial charge in [0.15, 0.2) is 0 Å². The molecule has 0 saturated carbocycles. The zero-order chi connectivity index (χ0) is 29.5. The zero-order valence-corrected chi connectivity index (χ0v) is 24.3. The maximum atomic E-state index is 8.70. The SMILES string of the molecule is CC(C)C(N)CO.CC[C@H](C)[C@H](N)CO.NC(CO)Cc1ccc(Cl)cc1.N[C@H](CO)Cc1ccccc1. The van der Waals surface area contributed by atoms with E-state index in [1.807, 2.05) is 75.4 Å². The molecule has 0 aliphatic rings. The van der Waals surface area contributed by atoms with Gasteiger partial charge in [-0.2, -0.15) is 0 Å². The molecule has 5 atom stereocenters. The van der Waals surface area contributed by atoms with Gasteiger partial charge in [0.25, 0.3) is 0 Å². The lowest BCUT2D eigenvalue weighted by Gasteiger charge is -2.14. The lowest BCUT2D eigenvalue weighted by atomic mass is 10.0. The highest BCUT2D eigenvalue weighted by Gasteiger charge is 2.07. The third-order valence-electron chi connectivity index (χ3n) is 5.87. The molecule has 0 aliphatic heterocycles.